The van der Waals surface area contributed by atoms with Gasteiger partial charge in [0.25, 0.3) is 5.91 Å². The number of nitrogens with zero attached hydrogens (tertiary/aromatic N) is 2. The van der Waals surface area contributed by atoms with E-state index in [0.717, 1.165) is 36.1 Å². The van der Waals surface area contributed by atoms with Crippen molar-refractivity contribution in [2.75, 3.05) is 20.3 Å². The number of fused-ring (bicyclic) bond motifs is 2. The van der Waals surface area contributed by atoms with Crippen LogP contribution in [-0.2, 0) is 15.1 Å². The summed E-state index contributed by atoms with van der Waals surface area (Å²) >= 11 is 0. The number of carbonyl (C=O) groups excluding carboxylic acids is 1. The van der Waals surface area contributed by atoms with Crippen LogP contribution in [-0.4, -0.2) is 42.6 Å². The lowest BCUT2D eigenvalue weighted by molar-refractivity contribution is -0.139. The summed E-state index contributed by atoms with van der Waals surface area (Å²) in [4.78, 5) is 19.5. The molecule has 5 rings (SSSR count). The number of benzene rings is 2. The van der Waals surface area contributed by atoms with Crippen molar-refractivity contribution < 1.29 is 14.3 Å². The second-order valence-electron chi connectivity index (χ2n) is 7.89. The first-order valence-electron chi connectivity index (χ1n) is 9.63. The number of guanidine groups is 1. The van der Waals surface area contributed by atoms with Gasteiger partial charge in [-0.05, 0) is 36.1 Å². The topological polar surface area (TPSA) is 77.2 Å². The number of amides is 1. The summed E-state index contributed by atoms with van der Waals surface area (Å²) < 4.78 is 12.2. The number of aliphatic imine (C=N–C) groups is 1. The van der Waals surface area contributed by atoms with Crippen molar-refractivity contribution in [3.8, 4) is 16.9 Å². The average molecular weight is 377 g/mol. The van der Waals surface area contributed by atoms with Crippen LogP contribution < -0.4 is 10.5 Å². The third-order valence-corrected chi connectivity index (χ3v) is 6.03. The smallest absolute Gasteiger partial charge is 0.261 e. The standard InChI is InChI=1S/C22H23N3O3/c1-25-19(26)22(24-20(25)23)13-21(10-5-11-27-14-21)28-18-9-8-16(12-17(18)22)15-6-3-2-4-7-15/h2-4,6-9,12H,5,10-11,13-14H2,1H3,(H2,23,24). The predicted octanol–water partition coefficient (Wildman–Crippen LogP) is 2.67. The second-order valence-corrected chi connectivity index (χ2v) is 7.89. The van der Waals surface area contributed by atoms with Crippen molar-refractivity contribution in [1.82, 2.24) is 4.90 Å². The molecule has 0 aliphatic carbocycles. The molecule has 6 heteroatoms. The van der Waals surface area contributed by atoms with Gasteiger partial charge >= 0.3 is 0 Å². The molecular weight excluding hydrogens is 354 g/mol. The first-order chi connectivity index (χ1) is 13.5. The highest BCUT2D eigenvalue weighted by Gasteiger charge is 2.58. The SMILES string of the molecule is CN1C(=O)C2(CC3(CCCOC3)Oc3ccc(-c4ccccc4)cc32)N=C1N. The Kier molecular flexibility index (Phi) is 3.74. The molecule has 2 N–H and O–H groups in total. The second kappa shape index (κ2) is 6.07. The van der Waals surface area contributed by atoms with Crippen molar-refractivity contribution in [1.29, 1.82) is 0 Å². The maximum Gasteiger partial charge on any atom is 0.261 e. The van der Waals surface area contributed by atoms with Crippen LogP contribution in [0.25, 0.3) is 11.1 Å². The van der Waals surface area contributed by atoms with Crippen LogP contribution in [0.3, 0.4) is 0 Å². The monoisotopic (exact) mass is 377 g/mol. The lowest BCUT2D eigenvalue weighted by Gasteiger charge is -2.46. The zero-order valence-corrected chi connectivity index (χ0v) is 15.9. The van der Waals surface area contributed by atoms with Gasteiger partial charge in [-0.15, -0.1) is 0 Å². The zero-order valence-electron chi connectivity index (χ0n) is 15.9. The molecule has 28 heavy (non-hydrogen) atoms. The van der Waals surface area contributed by atoms with E-state index >= 15 is 0 Å². The van der Waals surface area contributed by atoms with Crippen LogP contribution in [0.5, 0.6) is 5.75 Å². The molecule has 1 fully saturated rings. The van der Waals surface area contributed by atoms with E-state index in [-0.39, 0.29) is 11.9 Å². The van der Waals surface area contributed by atoms with Crippen molar-refractivity contribution in [3.63, 3.8) is 0 Å². The minimum atomic E-state index is -1.06. The molecule has 2 atom stereocenters. The van der Waals surface area contributed by atoms with E-state index < -0.39 is 11.1 Å². The molecule has 2 unspecified atom stereocenters. The van der Waals surface area contributed by atoms with E-state index in [9.17, 15) is 4.79 Å². The first kappa shape index (κ1) is 17.3. The number of hydrogen-bond acceptors (Lipinski definition) is 5. The van der Waals surface area contributed by atoms with Crippen molar-refractivity contribution >= 4 is 11.9 Å². The highest BCUT2D eigenvalue weighted by molar-refractivity contribution is 6.07. The van der Waals surface area contributed by atoms with Crippen LogP contribution in [0.4, 0.5) is 0 Å². The van der Waals surface area contributed by atoms with Crippen LogP contribution in [0.2, 0.25) is 0 Å². The summed E-state index contributed by atoms with van der Waals surface area (Å²) in [6, 6.07) is 16.1. The number of hydrogen-bond donors (Lipinski definition) is 1. The Balaban J connectivity index is 1.69. The van der Waals surface area contributed by atoms with Crippen LogP contribution in [0.1, 0.15) is 24.8 Å². The Labute approximate surface area is 164 Å². The van der Waals surface area contributed by atoms with Crippen LogP contribution >= 0.6 is 0 Å². The lowest BCUT2D eigenvalue weighted by atomic mass is 9.74. The molecule has 3 aliphatic rings. The maximum absolute atomic E-state index is 13.4. The molecule has 2 spiro atoms. The molecule has 0 saturated carbocycles. The first-order valence-corrected chi connectivity index (χ1v) is 9.63. The van der Waals surface area contributed by atoms with E-state index in [1.54, 1.807) is 7.05 Å². The van der Waals surface area contributed by atoms with Gasteiger partial charge in [0.2, 0.25) is 0 Å². The van der Waals surface area contributed by atoms with Gasteiger partial charge in [0.1, 0.15) is 11.4 Å². The molecule has 0 radical (unpaired) electrons. The summed E-state index contributed by atoms with van der Waals surface area (Å²) in [6.45, 7) is 1.18. The molecule has 6 nitrogen and oxygen atoms in total. The van der Waals surface area contributed by atoms with Gasteiger partial charge < -0.3 is 15.2 Å². The van der Waals surface area contributed by atoms with E-state index in [2.05, 4.69) is 12.1 Å². The Morgan fingerprint density at radius 3 is 2.64 bits per heavy atom. The van der Waals surface area contributed by atoms with E-state index in [1.165, 1.54) is 4.90 Å². The number of ether oxygens (including phenoxy) is 2. The van der Waals surface area contributed by atoms with Gasteiger partial charge in [0.05, 0.1) is 6.61 Å². The molecule has 144 valence electrons. The number of nitrogens with two attached hydrogens (primary N) is 1. The Bertz CT molecular complexity index is 966. The zero-order chi connectivity index (χ0) is 19.4. The normalized spacial score (nSPS) is 29.0. The molecular formula is C22H23N3O3. The fourth-order valence-electron chi connectivity index (χ4n) is 4.62. The van der Waals surface area contributed by atoms with Crippen LogP contribution in [0.15, 0.2) is 53.5 Å². The molecule has 2 aromatic rings. The van der Waals surface area contributed by atoms with E-state index in [1.807, 2.05) is 36.4 Å². The third-order valence-electron chi connectivity index (χ3n) is 6.03. The average Bonchev–Trinajstić information content (AvgIpc) is 2.93. The molecule has 1 amide bonds. The molecule has 3 aliphatic heterocycles. The van der Waals surface area contributed by atoms with E-state index in [4.69, 9.17) is 20.2 Å². The molecule has 3 heterocycles. The van der Waals surface area contributed by atoms with Crippen molar-refractivity contribution in [3.05, 3.63) is 54.1 Å². The maximum atomic E-state index is 13.4. The van der Waals surface area contributed by atoms with Gasteiger partial charge in [-0.2, -0.15) is 0 Å². The Hall–Kier alpha value is -2.86. The number of rotatable bonds is 1. The molecule has 0 aromatic heterocycles. The molecule has 0 bridgehead atoms. The van der Waals surface area contributed by atoms with Crippen LogP contribution in [0, 0.1) is 0 Å². The highest BCUT2D eigenvalue weighted by atomic mass is 16.5. The van der Waals surface area contributed by atoms with Gasteiger partial charge in [-0.1, -0.05) is 36.4 Å². The third kappa shape index (κ3) is 2.44. The van der Waals surface area contributed by atoms with Gasteiger partial charge in [-0.25, -0.2) is 4.99 Å². The quantitative estimate of drug-likeness (QED) is 0.829. The lowest BCUT2D eigenvalue weighted by Crippen LogP contribution is -2.55. The summed E-state index contributed by atoms with van der Waals surface area (Å²) in [7, 11) is 1.68. The highest BCUT2D eigenvalue weighted by Crippen LogP contribution is 2.51. The largest absolute Gasteiger partial charge is 0.484 e. The number of likely N-dealkylation sites (N-methyl/N-ethyl adjacent to an activating group) is 1. The van der Waals surface area contributed by atoms with Gasteiger partial charge in [0.15, 0.2) is 11.5 Å². The van der Waals surface area contributed by atoms with Gasteiger partial charge in [0, 0.05) is 25.6 Å². The minimum Gasteiger partial charge on any atom is -0.484 e. The molecule has 1 saturated heterocycles. The Morgan fingerprint density at radius 1 is 1.14 bits per heavy atom. The predicted molar refractivity (Wildman–Crippen MR) is 106 cm³/mol. The minimum absolute atomic E-state index is 0.107. The summed E-state index contributed by atoms with van der Waals surface area (Å²) in [5, 5.41) is 0. The van der Waals surface area contributed by atoms with Crippen molar-refractivity contribution in [2.24, 2.45) is 10.7 Å². The summed E-state index contributed by atoms with van der Waals surface area (Å²) in [5.74, 6) is 0.830. The fourth-order valence-corrected chi connectivity index (χ4v) is 4.62. The van der Waals surface area contributed by atoms with Gasteiger partial charge in [-0.3, -0.25) is 9.69 Å². The summed E-state index contributed by atoms with van der Waals surface area (Å²) in [5.41, 5.74) is 7.36. The Morgan fingerprint density at radius 2 is 1.96 bits per heavy atom. The fraction of sp³-hybridized carbons (Fsp3) is 0.364. The number of carbonyl (C=O) groups is 1. The summed E-state index contributed by atoms with van der Waals surface area (Å²) in [6.07, 6.45) is 2.17. The van der Waals surface area contributed by atoms with Crippen molar-refractivity contribution in [2.45, 2.75) is 30.4 Å². The molecule has 2 aromatic carbocycles. The van der Waals surface area contributed by atoms with E-state index in [0.29, 0.717) is 18.8 Å².